The first kappa shape index (κ1) is 16.8. The summed E-state index contributed by atoms with van der Waals surface area (Å²) in [6, 6.07) is 13.2. The highest BCUT2D eigenvalue weighted by Crippen LogP contribution is 2.35. The second kappa shape index (κ2) is 7.21. The highest BCUT2D eigenvalue weighted by Gasteiger charge is 2.26. The Bertz CT molecular complexity index is 757. The van der Waals surface area contributed by atoms with Crippen LogP contribution in [0.4, 0.5) is 0 Å². The zero-order valence-electron chi connectivity index (χ0n) is 14.5. The molecule has 1 N–H and O–H groups in total. The van der Waals surface area contributed by atoms with Crippen LogP contribution in [0.2, 0.25) is 0 Å². The molecule has 4 heteroatoms. The van der Waals surface area contributed by atoms with Gasteiger partial charge in [0.05, 0.1) is 6.61 Å². The number of benzene rings is 1. The van der Waals surface area contributed by atoms with E-state index in [1.807, 2.05) is 17.7 Å². The molecule has 1 heterocycles. The minimum Gasteiger partial charge on any atom is -0.395 e. The highest BCUT2D eigenvalue weighted by molar-refractivity contribution is 5.35. The Balaban J connectivity index is 1.90. The number of aromatic nitrogens is 1. The molecule has 0 aliphatic heterocycles. The van der Waals surface area contributed by atoms with Gasteiger partial charge in [-0.15, -0.1) is 0 Å². The maximum atomic E-state index is 9.57. The summed E-state index contributed by atoms with van der Waals surface area (Å²) in [7, 11) is 1.93. The number of aryl methyl sites for hydroxylation is 1. The van der Waals surface area contributed by atoms with E-state index in [-0.39, 0.29) is 6.61 Å². The lowest BCUT2D eigenvalue weighted by Gasteiger charge is -2.35. The van der Waals surface area contributed by atoms with Crippen molar-refractivity contribution in [3.63, 3.8) is 0 Å². The van der Waals surface area contributed by atoms with Gasteiger partial charge in [0.25, 0.3) is 0 Å². The molecule has 0 radical (unpaired) electrons. The molecule has 2 aromatic rings. The van der Waals surface area contributed by atoms with Gasteiger partial charge in [-0.1, -0.05) is 24.3 Å². The normalized spacial score (nSPS) is 16.9. The maximum absolute atomic E-state index is 9.57. The second-order valence-electron chi connectivity index (χ2n) is 6.61. The number of hydrogen-bond donors (Lipinski definition) is 1. The number of nitriles is 1. The highest BCUT2D eigenvalue weighted by atomic mass is 16.3. The van der Waals surface area contributed by atoms with Crippen molar-refractivity contribution in [2.45, 2.75) is 38.8 Å². The van der Waals surface area contributed by atoms with E-state index in [4.69, 9.17) is 0 Å². The van der Waals surface area contributed by atoms with Gasteiger partial charge >= 0.3 is 0 Å². The number of aliphatic hydroxyl groups excluding tert-OH is 1. The van der Waals surface area contributed by atoms with Crippen LogP contribution in [0.1, 0.15) is 47.0 Å². The molecule has 1 atom stereocenters. The average molecular weight is 323 g/mol. The molecule has 1 aliphatic rings. The Kier molecular flexibility index (Phi) is 5.03. The Hall–Kier alpha value is -2.09. The molecule has 3 rings (SSSR count). The fraction of sp³-hybridized carbons (Fsp3) is 0.450. The van der Waals surface area contributed by atoms with Gasteiger partial charge in [-0.05, 0) is 48.9 Å². The summed E-state index contributed by atoms with van der Waals surface area (Å²) in [4.78, 5) is 2.36. The SMILES string of the molecule is Cc1c(CN(CCO)C2CCCc3ccccc32)cc(C#N)n1C. The quantitative estimate of drug-likeness (QED) is 0.920. The summed E-state index contributed by atoms with van der Waals surface area (Å²) in [6.45, 7) is 3.62. The van der Waals surface area contributed by atoms with Gasteiger partial charge < -0.3 is 9.67 Å². The lowest BCUT2D eigenvalue weighted by atomic mass is 9.86. The van der Waals surface area contributed by atoms with Gasteiger partial charge in [-0.3, -0.25) is 4.90 Å². The van der Waals surface area contributed by atoms with E-state index in [0.717, 1.165) is 25.1 Å². The summed E-state index contributed by atoms with van der Waals surface area (Å²) < 4.78 is 1.95. The summed E-state index contributed by atoms with van der Waals surface area (Å²) in [6.07, 6.45) is 3.44. The standard InChI is InChI=1S/C20H25N3O/c1-15-17(12-18(13-21)22(15)2)14-23(10-11-24)20-9-5-7-16-6-3-4-8-19(16)20/h3-4,6,8,12,20,24H,5,7,9-11,14H2,1-2H3. The van der Waals surface area contributed by atoms with Gasteiger partial charge in [0.1, 0.15) is 11.8 Å². The van der Waals surface area contributed by atoms with Crippen LogP contribution in [0, 0.1) is 18.3 Å². The molecule has 1 aromatic heterocycles. The van der Waals surface area contributed by atoms with Crippen molar-refractivity contribution in [3.05, 3.63) is 58.4 Å². The second-order valence-corrected chi connectivity index (χ2v) is 6.61. The average Bonchev–Trinajstić information content (AvgIpc) is 2.88. The van der Waals surface area contributed by atoms with Crippen molar-refractivity contribution < 1.29 is 5.11 Å². The first-order valence-electron chi connectivity index (χ1n) is 8.63. The van der Waals surface area contributed by atoms with Gasteiger partial charge in [-0.25, -0.2) is 0 Å². The van der Waals surface area contributed by atoms with E-state index < -0.39 is 0 Å². The number of fused-ring (bicyclic) bond motifs is 1. The van der Waals surface area contributed by atoms with Crippen molar-refractivity contribution in [1.82, 2.24) is 9.47 Å². The van der Waals surface area contributed by atoms with Crippen LogP contribution in [-0.4, -0.2) is 27.7 Å². The van der Waals surface area contributed by atoms with Crippen molar-refractivity contribution in [2.75, 3.05) is 13.2 Å². The number of rotatable bonds is 5. The first-order chi connectivity index (χ1) is 11.7. The van der Waals surface area contributed by atoms with Crippen LogP contribution in [0.25, 0.3) is 0 Å². The van der Waals surface area contributed by atoms with Crippen LogP contribution in [0.3, 0.4) is 0 Å². The first-order valence-corrected chi connectivity index (χ1v) is 8.63. The fourth-order valence-electron chi connectivity index (χ4n) is 3.83. The summed E-state index contributed by atoms with van der Waals surface area (Å²) in [5.41, 5.74) is 5.81. The topological polar surface area (TPSA) is 52.2 Å². The maximum Gasteiger partial charge on any atom is 0.120 e. The molecule has 4 nitrogen and oxygen atoms in total. The Morgan fingerprint density at radius 2 is 2.17 bits per heavy atom. The van der Waals surface area contributed by atoms with Gasteiger partial charge in [0.15, 0.2) is 0 Å². The monoisotopic (exact) mass is 323 g/mol. The molecule has 126 valence electrons. The third-order valence-electron chi connectivity index (χ3n) is 5.29. The van der Waals surface area contributed by atoms with Gasteiger partial charge in [0.2, 0.25) is 0 Å². The van der Waals surface area contributed by atoms with E-state index in [1.54, 1.807) is 0 Å². The number of aliphatic hydroxyl groups is 1. The number of nitrogens with zero attached hydrogens (tertiary/aromatic N) is 3. The fourth-order valence-corrected chi connectivity index (χ4v) is 3.83. The van der Waals surface area contributed by atoms with E-state index >= 15 is 0 Å². The molecule has 0 bridgehead atoms. The van der Waals surface area contributed by atoms with Crippen LogP contribution in [0.5, 0.6) is 0 Å². The summed E-state index contributed by atoms with van der Waals surface area (Å²) >= 11 is 0. The zero-order valence-corrected chi connectivity index (χ0v) is 14.5. The molecule has 0 saturated carbocycles. The predicted molar refractivity (Wildman–Crippen MR) is 94.5 cm³/mol. The zero-order chi connectivity index (χ0) is 17.1. The predicted octanol–water partition coefficient (Wildman–Crippen LogP) is 3.08. The number of hydrogen-bond acceptors (Lipinski definition) is 3. The summed E-state index contributed by atoms with van der Waals surface area (Å²) in [5, 5.41) is 18.8. The van der Waals surface area contributed by atoms with Crippen LogP contribution in [-0.2, 0) is 20.0 Å². The molecular formula is C20H25N3O. The third-order valence-corrected chi connectivity index (χ3v) is 5.29. The van der Waals surface area contributed by atoms with E-state index in [9.17, 15) is 10.4 Å². The van der Waals surface area contributed by atoms with Crippen molar-refractivity contribution >= 4 is 0 Å². The molecule has 0 amide bonds. The van der Waals surface area contributed by atoms with Crippen LogP contribution < -0.4 is 0 Å². The van der Waals surface area contributed by atoms with Crippen molar-refractivity contribution in [1.29, 1.82) is 5.26 Å². The minimum absolute atomic E-state index is 0.148. The van der Waals surface area contributed by atoms with Crippen LogP contribution in [0.15, 0.2) is 30.3 Å². The molecular weight excluding hydrogens is 298 g/mol. The van der Waals surface area contributed by atoms with Crippen molar-refractivity contribution in [3.8, 4) is 6.07 Å². The Labute approximate surface area is 143 Å². The van der Waals surface area contributed by atoms with E-state index in [0.29, 0.717) is 18.3 Å². The molecule has 1 unspecified atom stereocenters. The lowest BCUT2D eigenvalue weighted by molar-refractivity contribution is 0.131. The van der Waals surface area contributed by atoms with Crippen LogP contribution >= 0.6 is 0 Å². The summed E-state index contributed by atoms with van der Waals surface area (Å²) in [5.74, 6) is 0. The minimum atomic E-state index is 0.148. The lowest BCUT2D eigenvalue weighted by Crippen LogP contribution is -2.33. The molecule has 24 heavy (non-hydrogen) atoms. The molecule has 1 aliphatic carbocycles. The molecule has 1 aromatic carbocycles. The third kappa shape index (κ3) is 3.10. The van der Waals surface area contributed by atoms with E-state index in [2.05, 4.69) is 42.2 Å². The van der Waals surface area contributed by atoms with Gasteiger partial charge in [0, 0.05) is 31.9 Å². The van der Waals surface area contributed by atoms with Gasteiger partial charge in [-0.2, -0.15) is 5.26 Å². The molecule has 0 fully saturated rings. The smallest absolute Gasteiger partial charge is 0.120 e. The van der Waals surface area contributed by atoms with E-state index in [1.165, 1.54) is 23.1 Å². The molecule has 0 saturated heterocycles. The Morgan fingerprint density at radius 1 is 1.38 bits per heavy atom. The molecule has 0 spiro atoms. The van der Waals surface area contributed by atoms with Crippen molar-refractivity contribution in [2.24, 2.45) is 7.05 Å². The Morgan fingerprint density at radius 3 is 2.88 bits per heavy atom. The largest absolute Gasteiger partial charge is 0.395 e.